The lowest BCUT2D eigenvalue weighted by Gasteiger charge is -2.41. The first kappa shape index (κ1) is 22.2. The van der Waals surface area contributed by atoms with E-state index in [2.05, 4.69) is 0 Å². The Kier molecular flexibility index (Phi) is 4.86. The Labute approximate surface area is 195 Å². The fraction of sp³-hybridized carbons (Fsp3) is 0.308. The number of fused-ring (bicyclic) bond motifs is 5. The van der Waals surface area contributed by atoms with E-state index in [9.17, 15) is 19.8 Å². The summed E-state index contributed by atoms with van der Waals surface area (Å²) in [5.41, 5.74) is 0.247. The van der Waals surface area contributed by atoms with Crippen molar-refractivity contribution in [1.29, 1.82) is 0 Å². The summed E-state index contributed by atoms with van der Waals surface area (Å²) in [6.07, 6.45) is -3.19. The number of hydrogen-bond donors (Lipinski definition) is 2. The van der Waals surface area contributed by atoms with Gasteiger partial charge in [0, 0.05) is 31.1 Å². The second-order valence-electron chi connectivity index (χ2n) is 9.26. The van der Waals surface area contributed by atoms with E-state index < -0.39 is 23.9 Å². The van der Waals surface area contributed by atoms with Crippen molar-refractivity contribution in [1.82, 2.24) is 4.57 Å². The Morgan fingerprint density at radius 3 is 2.44 bits per heavy atom. The van der Waals surface area contributed by atoms with E-state index in [4.69, 9.17) is 9.47 Å². The minimum Gasteiger partial charge on any atom is -0.484 e. The van der Waals surface area contributed by atoms with Gasteiger partial charge in [0.2, 0.25) is 0 Å². The van der Waals surface area contributed by atoms with Gasteiger partial charge in [0.05, 0.1) is 29.2 Å². The van der Waals surface area contributed by atoms with Crippen molar-refractivity contribution in [2.24, 2.45) is 7.05 Å². The van der Waals surface area contributed by atoms with Crippen molar-refractivity contribution >= 4 is 44.4 Å². The first-order valence-corrected chi connectivity index (χ1v) is 11.0. The SMILES string of the molecule is COC(=O)N(C)c1cc2c(c3c1c(=O)c1cc4ccccc4cc1n3C)[C@H](O)[C@H](O)C(C)(C)O2. The van der Waals surface area contributed by atoms with Crippen LogP contribution in [0.15, 0.2) is 47.3 Å². The third-order valence-electron chi connectivity index (χ3n) is 6.80. The van der Waals surface area contributed by atoms with Crippen LogP contribution in [0.4, 0.5) is 10.5 Å². The van der Waals surface area contributed by atoms with E-state index in [-0.39, 0.29) is 22.3 Å². The minimum atomic E-state index is -1.30. The monoisotopic (exact) mass is 462 g/mol. The Morgan fingerprint density at radius 2 is 1.79 bits per heavy atom. The smallest absolute Gasteiger partial charge is 0.413 e. The molecule has 8 nitrogen and oxygen atoms in total. The number of nitrogens with zero attached hydrogens (tertiary/aromatic N) is 2. The van der Waals surface area contributed by atoms with Gasteiger partial charge in [-0.2, -0.15) is 0 Å². The van der Waals surface area contributed by atoms with E-state index in [1.807, 2.05) is 41.0 Å². The zero-order valence-electron chi connectivity index (χ0n) is 19.6. The number of pyridine rings is 1. The topological polar surface area (TPSA) is 101 Å². The molecule has 0 aliphatic carbocycles. The molecule has 0 bridgehead atoms. The number of benzene rings is 3. The van der Waals surface area contributed by atoms with Crippen molar-refractivity contribution in [3.05, 3.63) is 58.3 Å². The molecule has 0 saturated heterocycles. The zero-order chi connectivity index (χ0) is 24.5. The molecule has 0 unspecified atom stereocenters. The highest BCUT2D eigenvalue weighted by molar-refractivity contribution is 6.09. The molecule has 5 rings (SSSR count). The predicted octanol–water partition coefficient (Wildman–Crippen LogP) is 3.61. The highest BCUT2D eigenvalue weighted by Gasteiger charge is 2.44. The number of carbonyl (C=O) groups is 1. The molecular formula is C26H26N2O6. The van der Waals surface area contributed by atoms with Crippen LogP contribution in [0.5, 0.6) is 5.75 Å². The average Bonchev–Trinajstić information content (AvgIpc) is 2.82. The van der Waals surface area contributed by atoms with Crippen LogP contribution in [0.1, 0.15) is 25.5 Å². The molecule has 2 atom stereocenters. The maximum atomic E-state index is 13.9. The third-order valence-corrected chi connectivity index (χ3v) is 6.80. The number of anilines is 1. The molecule has 0 fully saturated rings. The van der Waals surface area contributed by atoms with Gasteiger partial charge in [0.15, 0.2) is 5.43 Å². The maximum absolute atomic E-state index is 13.9. The molecule has 2 heterocycles. The van der Waals surface area contributed by atoms with Crippen molar-refractivity contribution in [3.63, 3.8) is 0 Å². The molecular weight excluding hydrogens is 436 g/mol. The molecule has 0 radical (unpaired) electrons. The molecule has 0 spiro atoms. The number of rotatable bonds is 1. The lowest BCUT2D eigenvalue weighted by atomic mass is 9.86. The Bertz CT molecular complexity index is 1550. The second kappa shape index (κ2) is 7.44. The highest BCUT2D eigenvalue weighted by atomic mass is 16.5. The summed E-state index contributed by atoms with van der Waals surface area (Å²) in [5, 5.41) is 24.5. The molecule has 0 saturated carbocycles. The standard InChI is InChI=1S/C26H26N2O6/c1-26(2)24(31)23(30)20-18(34-26)12-17(28(4)25(32)33-5)19-21(20)27(3)16-11-14-9-7-6-8-13(14)10-15(16)22(19)29/h6-12,23-24,30-31H,1-5H3/t23-,24-/m0/s1. The second-order valence-corrected chi connectivity index (χ2v) is 9.26. The highest BCUT2D eigenvalue weighted by Crippen LogP contribution is 2.46. The van der Waals surface area contributed by atoms with Crippen LogP contribution in [0.25, 0.3) is 32.6 Å². The van der Waals surface area contributed by atoms with Crippen LogP contribution in [-0.4, -0.2) is 46.7 Å². The van der Waals surface area contributed by atoms with E-state index in [1.54, 1.807) is 27.0 Å². The summed E-state index contributed by atoms with van der Waals surface area (Å²) in [6.45, 7) is 3.34. The van der Waals surface area contributed by atoms with E-state index >= 15 is 0 Å². The number of aryl methyl sites for hydroxylation is 1. The third kappa shape index (κ3) is 2.99. The van der Waals surface area contributed by atoms with E-state index in [1.165, 1.54) is 19.1 Å². The van der Waals surface area contributed by atoms with Gasteiger partial charge in [0.1, 0.15) is 23.6 Å². The first-order valence-electron chi connectivity index (χ1n) is 11.0. The molecule has 8 heteroatoms. The number of aromatic nitrogens is 1. The Balaban J connectivity index is 2.01. The van der Waals surface area contributed by atoms with Crippen LogP contribution < -0.4 is 15.1 Å². The Hall–Kier alpha value is -3.62. The number of amides is 1. The minimum absolute atomic E-state index is 0.228. The number of ether oxygens (including phenoxy) is 2. The molecule has 176 valence electrons. The fourth-order valence-electron chi connectivity index (χ4n) is 4.91. The van der Waals surface area contributed by atoms with Crippen molar-refractivity contribution in [2.45, 2.75) is 31.7 Å². The quantitative estimate of drug-likeness (QED) is 0.419. The normalized spacial score (nSPS) is 19.1. The van der Waals surface area contributed by atoms with Gasteiger partial charge in [-0.05, 0) is 36.8 Å². The summed E-state index contributed by atoms with van der Waals surface area (Å²) < 4.78 is 12.8. The van der Waals surface area contributed by atoms with Crippen molar-refractivity contribution in [3.8, 4) is 5.75 Å². The van der Waals surface area contributed by atoms with E-state index in [0.717, 1.165) is 10.8 Å². The van der Waals surface area contributed by atoms with Crippen LogP contribution in [0.3, 0.4) is 0 Å². The Morgan fingerprint density at radius 1 is 1.15 bits per heavy atom. The largest absolute Gasteiger partial charge is 0.484 e. The summed E-state index contributed by atoms with van der Waals surface area (Å²) >= 11 is 0. The van der Waals surface area contributed by atoms with Gasteiger partial charge < -0.3 is 24.3 Å². The number of carbonyl (C=O) groups excluding carboxylic acids is 1. The molecule has 3 aromatic carbocycles. The first-order chi connectivity index (χ1) is 16.1. The number of aliphatic hydroxyl groups is 2. The fourth-order valence-corrected chi connectivity index (χ4v) is 4.91. The summed E-state index contributed by atoms with van der Waals surface area (Å²) in [5.74, 6) is 0.288. The summed E-state index contributed by atoms with van der Waals surface area (Å²) in [4.78, 5) is 27.7. The number of hydrogen-bond acceptors (Lipinski definition) is 6. The molecule has 2 N–H and O–H groups in total. The van der Waals surface area contributed by atoms with Crippen LogP contribution >= 0.6 is 0 Å². The van der Waals surface area contributed by atoms with E-state index in [0.29, 0.717) is 22.0 Å². The molecule has 1 aliphatic heterocycles. The summed E-state index contributed by atoms with van der Waals surface area (Å²) in [7, 11) is 4.56. The van der Waals surface area contributed by atoms with Crippen molar-refractivity contribution in [2.75, 3.05) is 19.1 Å². The maximum Gasteiger partial charge on any atom is 0.413 e. The van der Waals surface area contributed by atoms with Crippen LogP contribution in [0, 0.1) is 0 Å². The molecule has 34 heavy (non-hydrogen) atoms. The van der Waals surface area contributed by atoms with Crippen LogP contribution in [0.2, 0.25) is 0 Å². The van der Waals surface area contributed by atoms with Crippen molar-refractivity contribution < 1.29 is 24.5 Å². The molecule has 1 aromatic heterocycles. The lowest BCUT2D eigenvalue weighted by Crippen LogP contribution is -2.49. The van der Waals surface area contributed by atoms with Crippen LogP contribution in [-0.2, 0) is 11.8 Å². The van der Waals surface area contributed by atoms with Gasteiger partial charge in [-0.3, -0.25) is 9.69 Å². The molecule has 4 aromatic rings. The molecule has 1 amide bonds. The lowest BCUT2D eigenvalue weighted by molar-refractivity contribution is -0.111. The van der Waals surface area contributed by atoms with Gasteiger partial charge >= 0.3 is 6.09 Å². The summed E-state index contributed by atoms with van der Waals surface area (Å²) in [6, 6.07) is 13.0. The van der Waals surface area contributed by atoms with Gasteiger partial charge in [-0.15, -0.1) is 0 Å². The number of aliphatic hydroxyl groups excluding tert-OH is 2. The van der Waals surface area contributed by atoms with Gasteiger partial charge in [-0.25, -0.2) is 4.79 Å². The zero-order valence-corrected chi connectivity index (χ0v) is 19.6. The number of methoxy groups -OCH3 is 1. The van der Waals surface area contributed by atoms with Gasteiger partial charge in [0.25, 0.3) is 0 Å². The average molecular weight is 463 g/mol. The molecule has 1 aliphatic rings. The van der Waals surface area contributed by atoms with Gasteiger partial charge in [-0.1, -0.05) is 24.3 Å². The predicted molar refractivity (Wildman–Crippen MR) is 131 cm³/mol.